The minimum atomic E-state index is -0.446. The summed E-state index contributed by atoms with van der Waals surface area (Å²) in [4.78, 5) is 29.1. The van der Waals surface area contributed by atoms with Crippen molar-refractivity contribution in [2.24, 2.45) is 0 Å². The number of aromatic nitrogens is 2. The van der Waals surface area contributed by atoms with Gasteiger partial charge in [-0.2, -0.15) is 0 Å². The van der Waals surface area contributed by atoms with Crippen LogP contribution in [-0.2, 0) is 0 Å². The van der Waals surface area contributed by atoms with Gasteiger partial charge in [-0.15, -0.1) is 0 Å². The molecular weight excluding hydrogens is 573 g/mol. The van der Waals surface area contributed by atoms with Crippen LogP contribution in [0.1, 0.15) is 17.0 Å². The van der Waals surface area contributed by atoms with Gasteiger partial charge in [-0.1, -0.05) is 40.2 Å². The van der Waals surface area contributed by atoms with Crippen LogP contribution in [0.25, 0.3) is 28.7 Å². The molecule has 0 N–H and O–H groups in total. The molecule has 6 nitrogen and oxygen atoms in total. The minimum Gasteiger partial charge on any atom is -0.268 e. The molecule has 0 aliphatic heterocycles. The summed E-state index contributed by atoms with van der Waals surface area (Å²) in [6.07, 6.45) is 3.60. The Morgan fingerprint density at radius 3 is 2.52 bits per heavy atom. The number of halogens is 2. The number of hydrogen-bond donors (Lipinski definition) is 0. The van der Waals surface area contributed by atoms with Crippen LogP contribution in [0.2, 0.25) is 0 Å². The van der Waals surface area contributed by atoms with E-state index in [0.717, 1.165) is 13.6 Å². The fourth-order valence-corrected chi connectivity index (χ4v) is 3.97. The van der Waals surface area contributed by atoms with Crippen LogP contribution in [0.5, 0.6) is 0 Å². The number of hydrogen-bond acceptors (Lipinski definition) is 4. The van der Waals surface area contributed by atoms with Crippen LogP contribution >= 0.6 is 38.5 Å². The highest BCUT2D eigenvalue weighted by molar-refractivity contribution is 14.1. The molecule has 0 aliphatic carbocycles. The predicted octanol–water partition coefficient (Wildman–Crippen LogP) is 6.14. The maximum absolute atomic E-state index is 13.4. The van der Waals surface area contributed by atoms with E-state index in [1.165, 1.54) is 10.6 Å². The Labute approximate surface area is 199 Å². The summed E-state index contributed by atoms with van der Waals surface area (Å²) >= 11 is 5.55. The van der Waals surface area contributed by atoms with Crippen molar-refractivity contribution in [1.82, 2.24) is 9.55 Å². The molecule has 0 fully saturated rings. The summed E-state index contributed by atoms with van der Waals surface area (Å²) in [7, 11) is 0. The SMILES string of the molecule is Cc1ccc(-n2c(C=Cc3ccc(Br)cc3)nc3ccc(I)cc3c2=O)cc1[N+](=O)[O-]. The molecule has 0 saturated heterocycles. The molecule has 0 amide bonds. The average Bonchev–Trinajstić information content (AvgIpc) is 2.74. The van der Waals surface area contributed by atoms with Crippen molar-refractivity contribution in [3.8, 4) is 5.69 Å². The van der Waals surface area contributed by atoms with E-state index in [1.54, 1.807) is 37.3 Å². The van der Waals surface area contributed by atoms with Crippen molar-refractivity contribution in [2.75, 3.05) is 0 Å². The summed E-state index contributed by atoms with van der Waals surface area (Å²) in [6.45, 7) is 1.67. The lowest BCUT2D eigenvalue weighted by molar-refractivity contribution is -0.385. The molecule has 0 saturated carbocycles. The van der Waals surface area contributed by atoms with Crippen molar-refractivity contribution >= 4 is 67.3 Å². The smallest absolute Gasteiger partial charge is 0.268 e. The van der Waals surface area contributed by atoms with Crippen LogP contribution in [0.15, 0.2) is 69.9 Å². The van der Waals surface area contributed by atoms with Crippen LogP contribution in [0.4, 0.5) is 5.69 Å². The van der Waals surface area contributed by atoms with Crippen LogP contribution in [0.3, 0.4) is 0 Å². The average molecular weight is 588 g/mol. The Morgan fingerprint density at radius 1 is 1.06 bits per heavy atom. The van der Waals surface area contributed by atoms with Crippen molar-refractivity contribution in [3.05, 3.63) is 106 Å². The number of aryl methyl sites for hydroxylation is 1. The number of nitro groups is 1. The van der Waals surface area contributed by atoms with E-state index < -0.39 is 4.92 Å². The molecule has 8 heteroatoms. The van der Waals surface area contributed by atoms with E-state index in [2.05, 4.69) is 43.5 Å². The summed E-state index contributed by atoms with van der Waals surface area (Å²) < 4.78 is 3.29. The third-order valence-corrected chi connectivity index (χ3v) is 6.00. The molecule has 31 heavy (non-hydrogen) atoms. The van der Waals surface area contributed by atoms with Gasteiger partial charge in [0.25, 0.3) is 11.2 Å². The van der Waals surface area contributed by atoms with Gasteiger partial charge in [0.15, 0.2) is 0 Å². The van der Waals surface area contributed by atoms with E-state index in [4.69, 9.17) is 0 Å². The third kappa shape index (κ3) is 4.45. The second-order valence-electron chi connectivity index (χ2n) is 6.88. The number of nitrogens with zero attached hydrogens (tertiary/aromatic N) is 3. The highest BCUT2D eigenvalue weighted by atomic mass is 127. The normalized spacial score (nSPS) is 11.3. The van der Waals surface area contributed by atoms with Gasteiger partial charge in [-0.05, 0) is 77.6 Å². The Morgan fingerprint density at radius 2 is 1.81 bits per heavy atom. The third-order valence-electron chi connectivity index (χ3n) is 4.80. The highest BCUT2D eigenvalue weighted by Gasteiger charge is 2.16. The summed E-state index contributed by atoms with van der Waals surface area (Å²) in [5.41, 5.74) is 2.09. The van der Waals surface area contributed by atoms with Gasteiger partial charge in [0.2, 0.25) is 0 Å². The fraction of sp³-hybridized carbons (Fsp3) is 0.0435. The van der Waals surface area contributed by atoms with Crippen molar-refractivity contribution < 1.29 is 4.92 Å². The highest BCUT2D eigenvalue weighted by Crippen LogP contribution is 2.23. The first kappa shape index (κ1) is 21.4. The summed E-state index contributed by atoms with van der Waals surface area (Å²) in [6, 6.07) is 17.9. The molecule has 0 bridgehead atoms. The first-order valence-corrected chi connectivity index (χ1v) is 11.1. The van der Waals surface area contributed by atoms with Gasteiger partial charge in [-0.3, -0.25) is 19.5 Å². The molecule has 4 aromatic rings. The zero-order valence-electron chi connectivity index (χ0n) is 16.3. The zero-order chi connectivity index (χ0) is 22.1. The minimum absolute atomic E-state index is 0.0463. The van der Waals surface area contributed by atoms with Gasteiger partial charge >= 0.3 is 0 Å². The van der Waals surface area contributed by atoms with E-state index in [-0.39, 0.29) is 11.2 Å². The van der Waals surface area contributed by atoms with E-state index in [0.29, 0.717) is 28.0 Å². The monoisotopic (exact) mass is 587 g/mol. The van der Waals surface area contributed by atoms with E-state index in [1.807, 2.05) is 36.4 Å². The number of benzene rings is 3. The van der Waals surface area contributed by atoms with Gasteiger partial charge in [0, 0.05) is 19.7 Å². The fourth-order valence-electron chi connectivity index (χ4n) is 3.21. The maximum atomic E-state index is 13.4. The molecule has 4 rings (SSSR count). The molecule has 1 aromatic heterocycles. The van der Waals surface area contributed by atoms with Crippen LogP contribution in [-0.4, -0.2) is 14.5 Å². The first-order chi connectivity index (χ1) is 14.8. The molecule has 154 valence electrons. The molecule has 0 spiro atoms. The topological polar surface area (TPSA) is 78.0 Å². The lowest BCUT2D eigenvalue weighted by Crippen LogP contribution is -2.22. The largest absolute Gasteiger partial charge is 0.274 e. The lowest BCUT2D eigenvalue weighted by atomic mass is 10.1. The molecule has 3 aromatic carbocycles. The van der Waals surface area contributed by atoms with Gasteiger partial charge in [0.05, 0.1) is 21.5 Å². The van der Waals surface area contributed by atoms with Gasteiger partial charge in [0.1, 0.15) is 5.82 Å². The molecular formula is C23H15BrIN3O3. The first-order valence-electron chi connectivity index (χ1n) is 9.25. The molecule has 0 radical (unpaired) electrons. The van der Waals surface area contributed by atoms with Gasteiger partial charge in [-0.25, -0.2) is 4.98 Å². The van der Waals surface area contributed by atoms with Crippen LogP contribution in [0, 0.1) is 20.6 Å². The molecule has 0 aliphatic rings. The molecule has 1 heterocycles. The Kier molecular flexibility index (Phi) is 6.01. The van der Waals surface area contributed by atoms with Gasteiger partial charge < -0.3 is 0 Å². The predicted molar refractivity (Wildman–Crippen MR) is 135 cm³/mol. The lowest BCUT2D eigenvalue weighted by Gasteiger charge is -2.12. The number of nitro benzene ring substituents is 1. The van der Waals surface area contributed by atoms with E-state index >= 15 is 0 Å². The van der Waals surface area contributed by atoms with E-state index in [9.17, 15) is 14.9 Å². The Balaban J connectivity index is 1.97. The Bertz CT molecular complexity index is 1410. The quantitative estimate of drug-likeness (QED) is 0.163. The molecule has 0 atom stereocenters. The van der Waals surface area contributed by atoms with Crippen LogP contribution < -0.4 is 5.56 Å². The second-order valence-corrected chi connectivity index (χ2v) is 9.05. The van der Waals surface area contributed by atoms with Crippen molar-refractivity contribution in [2.45, 2.75) is 6.92 Å². The second kappa shape index (κ2) is 8.72. The van der Waals surface area contributed by atoms with Crippen molar-refractivity contribution in [1.29, 1.82) is 0 Å². The summed E-state index contributed by atoms with van der Waals surface area (Å²) in [5, 5.41) is 11.9. The summed E-state index contributed by atoms with van der Waals surface area (Å²) in [5.74, 6) is 0.389. The Hall–Kier alpha value is -2.85. The standard InChI is InChI=1S/C23H15BrIN3O3/c1-14-2-9-18(13-21(14)28(30)31)27-22(11-5-15-3-6-16(24)7-4-15)26-20-10-8-17(25)12-19(20)23(27)29/h2-13H,1H3. The molecule has 0 unspecified atom stereocenters. The zero-order valence-corrected chi connectivity index (χ0v) is 20.0. The maximum Gasteiger partial charge on any atom is 0.274 e. The number of rotatable bonds is 4. The van der Waals surface area contributed by atoms with Crippen molar-refractivity contribution in [3.63, 3.8) is 0 Å². The number of fused-ring (bicyclic) bond motifs is 1.